The summed E-state index contributed by atoms with van der Waals surface area (Å²) in [4.78, 5) is 24.2. The molecule has 0 bridgehead atoms. The maximum atomic E-state index is 12.1. The van der Waals surface area contributed by atoms with Crippen LogP contribution in [-0.2, 0) is 19.1 Å². The van der Waals surface area contributed by atoms with Gasteiger partial charge < -0.3 is 29.6 Å². The van der Waals surface area contributed by atoms with Gasteiger partial charge in [-0.15, -0.1) is 0 Å². The van der Waals surface area contributed by atoms with Crippen LogP contribution < -0.4 is 20.1 Å². The molecule has 3 aliphatic rings. The molecule has 2 N–H and O–H groups in total. The summed E-state index contributed by atoms with van der Waals surface area (Å²) < 4.78 is 22.7. The topological polar surface area (TPSA) is 95.1 Å². The lowest BCUT2D eigenvalue weighted by molar-refractivity contribution is -0.186. The summed E-state index contributed by atoms with van der Waals surface area (Å²) in [5, 5.41) is 5.18. The molecule has 2 amide bonds. The first-order chi connectivity index (χ1) is 13.1. The quantitative estimate of drug-likeness (QED) is 0.778. The van der Waals surface area contributed by atoms with Gasteiger partial charge in [-0.25, -0.2) is 0 Å². The van der Waals surface area contributed by atoms with Crippen molar-refractivity contribution in [2.45, 2.75) is 44.0 Å². The summed E-state index contributed by atoms with van der Waals surface area (Å²) in [6.45, 7) is 1.63. The van der Waals surface area contributed by atoms with Crippen LogP contribution in [0, 0.1) is 0 Å². The SMILES string of the molecule is O=C(NC[C@@H]1COC2(CCCCC2)O1)C(=O)Nc1ccc2c(c1)OCCO2. The molecule has 8 heteroatoms. The largest absolute Gasteiger partial charge is 0.486 e. The average Bonchev–Trinajstić information content (AvgIpc) is 3.08. The van der Waals surface area contributed by atoms with E-state index >= 15 is 0 Å². The monoisotopic (exact) mass is 376 g/mol. The van der Waals surface area contributed by atoms with Gasteiger partial charge in [-0.05, 0) is 25.0 Å². The molecule has 2 aliphatic heterocycles. The number of nitrogens with one attached hydrogen (secondary N) is 2. The Morgan fingerprint density at radius 3 is 2.63 bits per heavy atom. The highest BCUT2D eigenvalue weighted by Crippen LogP contribution is 2.37. The summed E-state index contributed by atoms with van der Waals surface area (Å²) in [7, 11) is 0. The third-order valence-corrected chi connectivity index (χ3v) is 5.03. The zero-order valence-electron chi connectivity index (χ0n) is 15.1. The van der Waals surface area contributed by atoms with Crippen molar-refractivity contribution in [3.63, 3.8) is 0 Å². The fourth-order valence-electron chi connectivity index (χ4n) is 3.67. The zero-order valence-corrected chi connectivity index (χ0v) is 15.1. The van der Waals surface area contributed by atoms with Gasteiger partial charge in [0.2, 0.25) is 0 Å². The van der Waals surface area contributed by atoms with E-state index in [2.05, 4.69) is 10.6 Å². The number of hydrogen-bond donors (Lipinski definition) is 2. The van der Waals surface area contributed by atoms with E-state index in [0.717, 1.165) is 25.7 Å². The molecule has 1 spiro atoms. The lowest BCUT2D eigenvalue weighted by Crippen LogP contribution is -2.41. The van der Waals surface area contributed by atoms with Crippen molar-refractivity contribution in [3.8, 4) is 11.5 Å². The molecule has 1 saturated heterocycles. The van der Waals surface area contributed by atoms with Crippen molar-refractivity contribution < 1.29 is 28.5 Å². The van der Waals surface area contributed by atoms with Gasteiger partial charge in [0.1, 0.15) is 19.3 Å². The molecule has 0 aromatic heterocycles. The van der Waals surface area contributed by atoms with Gasteiger partial charge in [0, 0.05) is 31.1 Å². The lowest BCUT2D eigenvalue weighted by atomic mass is 9.94. The summed E-state index contributed by atoms with van der Waals surface area (Å²) in [6, 6.07) is 5.01. The molecule has 1 atom stereocenters. The molecule has 1 aromatic carbocycles. The number of anilines is 1. The van der Waals surface area contributed by atoms with Crippen molar-refractivity contribution in [3.05, 3.63) is 18.2 Å². The predicted octanol–water partition coefficient (Wildman–Crippen LogP) is 1.59. The standard InChI is InChI=1S/C19H24N2O6/c22-17(20-11-14-12-26-19(27-14)6-2-1-3-7-19)18(23)21-13-4-5-15-16(10-13)25-9-8-24-15/h4-5,10,14H,1-3,6-9,11-12H2,(H,20,22)(H,21,23)/t14-/m1/s1. The molecule has 0 unspecified atom stereocenters. The molecule has 146 valence electrons. The Balaban J connectivity index is 1.25. The molecule has 1 saturated carbocycles. The maximum Gasteiger partial charge on any atom is 0.313 e. The summed E-state index contributed by atoms with van der Waals surface area (Å²) in [5.41, 5.74) is 0.473. The van der Waals surface area contributed by atoms with Crippen LogP contribution in [0.2, 0.25) is 0 Å². The Kier molecular flexibility index (Phi) is 5.18. The number of ether oxygens (including phenoxy) is 4. The second-order valence-electron chi connectivity index (χ2n) is 7.04. The van der Waals surface area contributed by atoms with E-state index in [-0.39, 0.29) is 12.6 Å². The second-order valence-corrected chi connectivity index (χ2v) is 7.04. The first-order valence-corrected chi connectivity index (χ1v) is 9.44. The summed E-state index contributed by atoms with van der Waals surface area (Å²) >= 11 is 0. The van der Waals surface area contributed by atoms with Crippen molar-refractivity contribution >= 4 is 17.5 Å². The molecular weight excluding hydrogens is 352 g/mol. The molecular formula is C19H24N2O6. The molecule has 4 rings (SSSR count). The van der Waals surface area contributed by atoms with Crippen molar-refractivity contribution in [1.82, 2.24) is 5.32 Å². The normalized spacial score (nSPS) is 23.0. The number of hydrogen-bond acceptors (Lipinski definition) is 6. The van der Waals surface area contributed by atoms with Crippen LogP contribution in [0.5, 0.6) is 11.5 Å². The van der Waals surface area contributed by atoms with Crippen molar-refractivity contribution in [2.75, 3.05) is 31.7 Å². The first kappa shape index (κ1) is 18.1. The van der Waals surface area contributed by atoms with Crippen LogP contribution in [0.1, 0.15) is 32.1 Å². The minimum absolute atomic E-state index is 0.228. The molecule has 1 aromatic rings. The van der Waals surface area contributed by atoms with E-state index in [0.29, 0.717) is 37.0 Å². The van der Waals surface area contributed by atoms with Gasteiger partial charge in [-0.3, -0.25) is 9.59 Å². The summed E-state index contributed by atoms with van der Waals surface area (Å²) in [5.74, 6) is -0.760. The van der Waals surface area contributed by atoms with Crippen LogP contribution in [0.25, 0.3) is 0 Å². The highest BCUT2D eigenvalue weighted by molar-refractivity contribution is 6.39. The minimum Gasteiger partial charge on any atom is -0.486 e. The van der Waals surface area contributed by atoms with E-state index < -0.39 is 17.6 Å². The van der Waals surface area contributed by atoms with Crippen molar-refractivity contribution in [1.29, 1.82) is 0 Å². The second kappa shape index (κ2) is 7.74. The lowest BCUT2D eigenvalue weighted by Gasteiger charge is -2.31. The molecule has 2 fully saturated rings. The minimum atomic E-state index is -0.738. The van der Waals surface area contributed by atoms with E-state index in [1.54, 1.807) is 18.2 Å². The van der Waals surface area contributed by atoms with Gasteiger partial charge in [-0.2, -0.15) is 0 Å². The molecule has 27 heavy (non-hydrogen) atoms. The molecule has 8 nitrogen and oxygen atoms in total. The number of carbonyl (C=O) groups excluding carboxylic acids is 2. The summed E-state index contributed by atoms with van der Waals surface area (Å²) in [6.07, 6.45) is 4.95. The van der Waals surface area contributed by atoms with Gasteiger partial charge in [0.05, 0.1) is 6.61 Å². The predicted molar refractivity (Wildman–Crippen MR) is 95.7 cm³/mol. The van der Waals surface area contributed by atoms with E-state index in [4.69, 9.17) is 18.9 Å². The van der Waals surface area contributed by atoms with Gasteiger partial charge in [-0.1, -0.05) is 6.42 Å². The third kappa shape index (κ3) is 4.17. The van der Waals surface area contributed by atoms with Crippen LogP contribution in [0.15, 0.2) is 18.2 Å². The Morgan fingerprint density at radius 2 is 1.81 bits per heavy atom. The Labute approximate surface area is 157 Å². The first-order valence-electron chi connectivity index (χ1n) is 9.44. The maximum absolute atomic E-state index is 12.1. The fourth-order valence-corrected chi connectivity index (χ4v) is 3.67. The smallest absolute Gasteiger partial charge is 0.313 e. The van der Waals surface area contributed by atoms with Gasteiger partial charge in [0.15, 0.2) is 17.3 Å². The van der Waals surface area contributed by atoms with Crippen LogP contribution in [-0.4, -0.2) is 50.1 Å². The van der Waals surface area contributed by atoms with Crippen LogP contribution >= 0.6 is 0 Å². The number of rotatable bonds is 3. The Bertz CT molecular complexity index is 716. The molecule has 0 radical (unpaired) electrons. The number of fused-ring (bicyclic) bond motifs is 1. The molecule has 1 aliphatic carbocycles. The number of benzene rings is 1. The van der Waals surface area contributed by atoms with E-state index in [9.17, 15) is 9.59 Å². The van der Waals surface area contributed by atoms with E-state index in [1.165, 1.54) is 6.42 Å². The molecule has 2 heterocycles. The number of carbonyl (C=O) groups is 2. The fraction of sp³-hybridized carbons (Fsp3) is 0.579. The number of amides is 2. The highest BCUT2D eigenvalue weighted by atomic mass is 16.7. The Morgan fingerprint density at radius 1 is 1.04 bits per heavy atom. The highest BCUT2D eigenvalue weighted by Gasteiger charge is 2.42. The van der Waals surface area contributed by atoms with Crippen molar-refractivity contribution in [2.24, 2.45) is 0 Å². The average molecular weight is 376 g/mol. The van der Waals surface area contributed by atoms with Crippen LogP contribution in [0.3, 0.4) is 0 Å². The van der Waals surface area contributed by atoms with E-state index in [1.807, 2.05) is 0 Å². The Hall–Kier alpha value is -2.32. The third-order valence-electron chi connectivity index (χ3n) is 5.03. The zero-order chi connectivity index (χ0) is 18.7. The van der Waals surface area contributed by atoms with Gasteiger partial charge in [0.25, 0.3) is 0 Å². The van der Waals surface area contributed by atoms with Crippen LogP contribution in [0.4, 0.5) is 5.69 Å². The van der Waals surface area contributed by atoms with Gasteiger partial charge >= 0.3 is 11.8 Å².